The largest absolute Gasteiger partial charge is 0.481 e. The van der Waals surface area contributed by atoms with E-state index < -0.39 is 5.97 Å². The number of nitrogens with zero attached hydrogens (tertiary/aromatic N) is 2. The van der Waals surface area contributed by atoms with Gasteiger partial charge in [-0.15, -0.1) is 0 Å². The van der Waals surface area contributed by atoms with Crippen molar-refractivity contribution in [3.8, 4) is 0 Å². The third kappa shape index (κ3) is 4.45. The molecular weight excluding hydrogens is 340 g/mol. The molecule has 0 bridgehead atoms. The van der Waals surface area contributed by atoms with Crippen molar-refractivity contribution in [3.63, 3.8) is 0 Å². The summed E-state index contributed by atoms with van der Waals surface area (Å²) in [5, 5.41) is 18.8. The molecule has 0 spiro atoms. The van der Waals surface area contributed by atoms with Gasteiger partial charge in [0.05, 0.1) is 22.6 Å². The number of aromatic nitrogens is 2. The van der Waals surface area contributed by atoms with Crippen LogP contribution in [0.5, 0.6) is 0 Å². The van der Waals surface area contributed by atoms with E-state index in [0.717, 1.165) is 10.2 Å². The molecule has 1 saturated carbocycles. The number of hydrogen-bond donors (Lipinski definition) is 3. The zero-order valence-electron chi connectivity index (χ0n) is 11.8. The predicted octanol–water partition coefficient (Wildman–Crippen LogP) is 1.63. The summed E-state index contributed by atoms with van der Waals surface area (Å²) in [6.07, 6.45) is 4.47. The van der Waals surface area contributed by atoms with Crippen LogP contribution in [0.4, 0.5) is 4.79 Å². The molecule has 0 radical (unpaired) electrons. The van der Waals surface area contributed by atoms with Gasteiger partial charge in [-0.3, -0.25) is 9.48 Å². The van der Waals surface area contributed by atoms with Crippen molar-refractivity contribution in [2.75, 3.05) is 0 Å². The highest BCUT2D eigenvalue weighted by Gasteiger charge is 2.26. The Kier molecular flexibility index (Phi) is 5.22. The molecule has 0 saturated heterocycles. The lowest BCUT2D eigenvalue weighted by Gasteiger charge is -2.26. The van der Waals surface area contributed by atoms with Gasteiger partial charge in [-0.05, 0) is 41.6 Å². The van der Waals surface area contributed by atoms with Crippen molar-refractivity contribution in [2.45, 2.75) is 38.3 Å². The van der Waals surface area contributed by atoms with Crippen LogP contribution in [0.15, 0.2) is 10.7 Å². The van der Waals surface area contributed by atoms with Crippen LogP contribution in [0, 0.1) is 5.92 Å². The number of hydrogen-bond acceptors (Lipinski definition) is 3. The van der Waals surface area contributed by atoms with E-state index >= 15 is 0 Å². The second-order valence-electron chi connectivity index (χ2n) is 5.31. The fraction of sp³-hybridized carbons (Fsp3) is 0.615. The molecule has 1 aromatic rings. The van der Waals surface area contributed by atoms with Crippen molar-refractivity contribution in [2.24, 2.45) is 13.0 Å². The maximum Gasteiger partial charge on any atom is 0.315 e. The first-order valence-electron chi connectivity index (χ1n) is 6.91. The van der Waals surface area contributed by atoms with Gasteiger partial charge in [-0.25, -0.2) is 4.79 Å². The summed E-state index contributed by atoms with van der Waals surface area (Å²) < 4.78 is 2.53. The van der Waals surface area contributed by atoms with Gasteiger partial charge in [-0.1, -0.05) is 0 Å². The van der Waals surface area contributed by atoms with Crippen LogP contribution in [0.2, 0.25) is 0 Å². The van der Waals surface area contributed by atoms with Crippen molar-refractivity contribution >= 4 is 27.9 Å². The van der Waals surface area contributed by atoms with Crippen molar-refractivity contribution in [1.82, 2.24) is 20.4 Å². The minimum atomic E-state index is -0.738. The van der Waals surface area contributed by atoms with Crippen LogP contribution >= 0.6 is 15.9 Å². The lowest BCUT2D eigenvalue weighted by atomic mass is 9.86. The molecule has 8 heteroatoms. The van der Waals surface area contributed by atoms with Gasteiger partial charge in [0, 0.05) is 19.3 Å². The Morgan fingerprint density at radius 1 is 1.43 bits per heavy atom. The Labute approximate surface area is 131 Å². The Bertz CT molecular complexity index is 523. The van der Waals surface area contributed by atoms with E-state index in [0.29, 0.717) is 32.2 Å². The van der Waals surface area contributed by atoms with E-state index in [1.807, 2.05) is 13.2 Å². The number of urea groups is 1. The van der Waals surface area contributed by atoms with Crippen molar-refractivity contribution < 1.29 is 14.7 Å². The topological polar surface area (TPSA) is 96.2 Å². The first-order chi connectivity index (χ1) is 9.95. The number of carboxylic acid groups (broad SMARTS) is 1. The zero-order valence-corrected chi connectivity index (χ0v) is 13.4. The third-order valence-corrected chi connectivity index (χ3v) is 4.34. The molecule has 1 aliphatic carbocycles. The van der Waals surface area contributed by atoms with Gasteiger partial charge >= 0.3 is 12.0 Å². The molecule has 3 N–H and O–H groups in total. The fourth-order valence-corrected chi connectivity index (χ4v) is 3.03. The highest BCUT2D eigenvalue weighted by Crippen LogP contribution is 2.24. The van der Waals surface area contributed by atoms with E-state index in [1.165, 1.54) is 0 Å². The summed E-state index contributed by atoms with van der Waals surface area (Å²) in [7, 11) is 1.81. The molecule has 116 valence electrons. The van der Waals surface area contributed by atoms with Gasteiger partial charge < -0.3 is 15.7 Å². The average Bonchev–Trinajstić information content (AvgIpc) is 2.75. The summed E-state index contributed by atoms with van der Waals surface area (Å²) in [6.45, 7) is 0.345. The molecule has 1 aliphatic rings. The Balaban J connectivity index is 1.73. The molecule has 21 heavy (non-hydrogen) atoms. The first-order valence-corrected chi connectivity index (χ1v) is 7.70. The lowest BCUT2D eigenvalue weighted by molar-refractivity contribution is -0.142. The predicted molar refractivity (Wildman–Crippen MR) is 79.7 cm³/mol. The normalized spacial score (nSPS) is 21.8. The van der Waals surface area contributed by atoms with Crippen LogP contribution < -0.4 is 10.6 Å². The van der Waals surface area contributed by atoms with E-state index in [4.69, 9.17) is 5.11 Å². The summed E-state index contributed by atoms with van der Waals surface area (Å²) in [5.41, 5.74) is 0.766. The molecule has 1 aromatic heterocycles. The van der Waals surface area contributed by atoms with Crippen molar-refractivity contribution in [3.05, 3.63) is 16.4 Å². The molecule has 1 heterocycles. The number of halogens is 1. The maximum absolute atomic E-state index is 11.8. The number of carboxylic acids is 1. The van der Waals surface area contributed by atoms with E-state index in [-0.39, 0.29) is 18.0 Å². The average molecular weight is 359 g/mol. The second kappa shape index (κ2) is 6.93. The van der Waals surface area contributed by atoms with Gasteiger partial charge in [0.25, 0.3) is 0 Å². The fourth-order valence-electron chi connectivity index (χ4n) is 2.51. The summed E-state index contributed by atoms with van der Waals surface area (Å²) in [4.78, 5) is 22.7. The number of aliphatic carboxylic acids is 1. The molecule has 0 aliphatic heterocycles. The Hall–Kier alpha value is -1.57. The van der Waals surface area contributed by atoms with Gasteiger partial charge in [-0.2, -0.15) is 5.10 Å². The Morgan fingerprint density at radius 2 is 2.10 bits per heavy atom. The highest BCUT2D eigenvalue weighted by atomic mass is 79.9. The smallest absolute Gasteiger partial charge is 0.315 e. The number of amides is 2. The monoisotopic (exact) mass is 358 g/mol. The highest BCUT2D eigenvalue weighted by molar-refractivity contribution is 9.10. The van der Waals surface area contributed by atoms with Gasteiger partial charge in [0.1, 0.15) is 0 Å². The lowest BCUT2D eigenvalue weighted by Crippen LogP contribution is -2.44. The Morgan fingerprint density at radius 3 is 2.62 bits per heavy atom. The molecule has 0 unspecified atom stereocenters. The zero-order chi connectivity index (χ0) is 15.4. The quantitative estimate of drug-likeness (QED) is 0.761. The summed E-state index contributed by atoms with van der Waals surface area (Å²) in [5.74, 6) is -1.01. The van der Waals surface area contributed by atoms with Crippen LogP contribution in [0.25, 0.3) is 0 Å². The number of carbonyl (C=O) groups excluding carboxylic acids is 1. The number of carbonyl (C=O) groups is 2. The molecule has 7 nitrogen and oxygen atoms in total. The van der Waals surface area contributed by atoms with Gasteiger partial charge in [0.2, 0.25) is 0 Å². The summed E-state index contributed by atoms with van der Waals surface area (Å²) in [6, 6.07) is -0.195. The minimum absolute atomic E-state index is 0.0489. The second-order valence-corrected chi connectivity index (χ2v) is 6.17. The van der Waals surface area contributed by atoms with Crippen LogP contribution in [-0.2, 0) is 18.4 Å². The number of rotatable bonds is 4. The molecule has 2 rings (SSSR count). The van der Waals surface area contributed by atoms with E-state index in [2.05, 4.69) is 31.7 Å². The molecule has 0 aromatic carbocycles. The van der Waals surface area contributed by atoms with Gasteiger partial charge in [0.15, 0.2) is 0 Å². The van der Waals surface area contributed by atoms with Crippen LogP contribution in [-0.4, -0.2) is 32.9 Å². The van der Waals surface area contributed by atoms with Crippen molar-refractivity contribution in [1.29, 1.82) is 0 Å². The standard InChI is InChI=1S/C13H19BrN4O3/c1-18-7-10(14)11(17-18)6-15-13(21)16-9-4-2-8(3-5-9)12(19)20/h7-9H,2-6H2,1H3,(H,19,20)(H2,15,16,21). The number of nitrogens with one attached hydrogen (secondary N) is 2. The molecule has 2 amide bonds. The van der Waals surface area contributed by atoms with E-state index in [9.17, 15) is 9.59 Å². The molecular formula is C13H19BrN4O3. The minimum Gasteiger partial charge on any atom is -0.481 e. The summed E-state index contributed by atoms with van der Waals surface area (Å²) >= 11 is 3.38. The maximum atomic E-state index is 11.8. The SMILES string of the molecule is Cn1cc(Br)c(CNC(=O)NC2CCC(C(=O)O)CC2)n1. The number of aryl methyl sites for hydroxylation is 1. The van der Waals surface area contributed by atoms with Crippen LogP contribution in [0.1, 0.15) is 31.4 Å². The van der Waals surface area contributed by atoms with Crippen LogP contribution in [0.3, 0.4) is 0 Å². The molecule has 0 atom stereocenters. The van der Waals surface area contributed by atoms with E-state index in [1.54, 1.807) is 4.68 Å². The third-order valence-electron chi connectivity index (χ3n) is 3.68. The molecule has 1 fully saturated rings. The first kappa shape index (κ1) is 15.8.